The van der Waals surface area contributed by atoms with E-state index in [9.17, 15) is 14.4 Å². The predicted molar refractivity (Wildman–Crippen MR) is 79.5 cm³/mol. The van der Waals surface area contributed by atoms with Crippen molar-refractivity contribution in [2.24, 2.45) is 5.92 Å². The Morgan fingerprint density at radius 1 is 1.43 bits per heavy atom. The van der Waals surface area contributed by atoms with Gasteiger partial charge in [-0.2, -0.15) is 0 Å². The van der Waals surface area contributed by atoms with Gasteiger partial charge in [0.2, 0.25) is 0 Å². The number of hydrogen-bond acceptors (Lipinski definition) is 4. The summed E-state index contributed by atoms with van der Waals surface area (Å²) in [5.74, 6) is -1.40. The fraction of sp³-hybridized carbons (Fsp3) is 0.400. The lowest BCUT2D eigenvalue weighted by Gasteiger charge is -2.19. The maximum absolute atomic E-state index is 12.2. The van der Waals surface area contributed by atoms with Crippen molar-refractivity contribution in [3.05, 3.63) is 27.7 Å². The average molecular weight is 352 g/mol. The number of fused-ring (bicyclic) bond motifs is 1. The highest BCUT2D eigenvalue weighted by molar-refractivity contribution is 9.10. The molecule has 1 fully saturated rings. The lowest BCUT2D eigenvalue weighted by Crippen LogP contribution is -2.37. The largest absolute Gasteiger partial charge is 0.381 e. The Hall–Kier alpha value is -1.53. The highest BCUT2D eigenvalue weighted by Crippen LogP contribution is 2.35. The number of nitrogens with zero attached hydrogens (tertiary/aromatic N) is 1. The standard InChI is InChI=1S/C15H14BrNO4/c1-8-4-10(16)5-11-13(8)17(15(20)14(11)19)6-12(18)9-2-3-21-7-9/h4-5,9H,2-3,6-7H2,1H3. The van der Waals surface area contributed by atoms with Crippen molar-refractivity contribution in [3.63, 3.8) is 0 Å². The van der Waals surface area contributed by atoms with Crippen molar-refractivity contribution < 1.29 is 19.1 Å². The SMILES string of the molecule is Cc1cc(Br)cc2c1N(CC(=O)C1CCOC1)C(=O)C2=O. The van der Waals surface area contributed by atoms with E-state index in [0.29, 0.717) is 30.9 Å². The van der Waals surface area contributed by atoms with Gasteiger partial charge in [0.05, 0.1) is 24.4 Å². The van der Waals surface area contributed by atoms with Gasteiger partial charge in [-0.3, -0.25) is 19.3 Å². The molecule has 1 saturated heterocycles. The number of ether oxygens (including phenoxy) is 1. The number of ketones is 2. The van der Waals surface area contributed by atoms with Gasteiger partial charge in [0.25, 0.3) is 11.7 Å². The summed E-state index contributed by atoms with van der Waals surface area (Å²) in [6.07, 6.45) is 0.682. The Bertz CT molecular complexity index is 649. The van der Waals surface area contributed by atoms with Crippen LogP contribution in [0.25, 0.3) is 0 Å². The number of carbonyl (C=O) groups excluding carboxylic acids is 3. The zero-order chi connectivity index (χ0) is 15.1. The first-order chi connectivity index (χ1) is 9.99. The molecule has 21 heavy (non-hydrogen) atoms. The third-order valence-corrected chi connectivity index (χ3v) is 4.38. The minimum atomic E-state index is -0.626. The molecule has 2 heterocycles. The van der Waals surface area contributed by atoms with Gasteiger partial charge in [-0.05, 0) is 31.0 Å². The third-order valence-electron chi connectivity index (χ3n) is 3.92. The van der Waals surface area contributed by atoms with Crippen LogP contribution in [0.2, 0.25) is 0 Å². The summed E-state index contributed by atoms with van der Waals surface area (Å²) >= 11 is 3.32. The van der Waals surface area contributed by atoms with E-state index in [4.69, 9.17) is 4.74 Å². The number of hydrogen-bond donors (Lipinski definition) is 0. The summed E-state index contributed by atoms with van der Waals surface area (Å²) in [6, 6.07) is 3.46. The molecule has 0 aliphatic carbocycles. The van der Waals surface area contributed by atoms with E-state index in [1.807, 2.05) is 13.0 Å². The fourth-order valence-corrected chi connectivity index (χ4v) is 3.40. The van der Waals surface area contributed by atoms with Gasteiger partial charge in [-0.1, -0.05) is 15.9 Å². The van der Waals surface area contributed by atoms with E-state index >= 15 is 0 Å². The minimum Gasteiger partial charge on any atom is -0.381 e. The number of Topliss-reactive ketones (excluding diaryl/α,β-unsaturated/α-hetero) is 2. The fourth-order valence-electron chi connectivity index (χ4n) is 2.83. The summed E-state index contributed by atoms with van der Waals surface area (Å²) < 4.78 is 5.95. The van der Waals surface area contributed by atoms with Gasteiger partial charge in [-0.25, -0.2) is 0 Å². The number of benzene rings is 1. The van der Waals surface area contributed by atoms with Crippen LogP contribution in [0, 0.1) is 12.8 Å². The van der Waals surface area contributed by atoms with Gasteiger partial charge in [0.1, 0.15) is 0 Å². The molecule has 1 amide bonds. The van der Waals surface area contributed by atoms with Crippen LogP contribution in [0.5, 0.6) is 0 Å². The first-order valence-electron chi connectivity index (χ1n) is 6.76. The van der Waals surface area contributed by atoms with E-state index in [1.165, 1.54) is 4.90 Å². The van der Waals surface area contributed by atoms with Crippen LogP contribution in [0.3, 0.4) is 0 Å². The van der Waals surface area contributed by atoms with E-state index in [0.717, 1.165) is 10.0 Å². The minimum absolute atomic E-state index is 0.0520. The van der Waals surface area contributed by atoms with Gasteiger partial charge in [0, 0.05) is 17.0 Å². The molecule has 110 valence electrons. The van der Waals surface area contributed by atoms with Crippen LogP contribution >= 0.6 is 15.9 Å². The van der Waals surface area contributed by atoms with Gasteiger partial charge in [0.15, 0.2) is 5.78 Å². The summed E-state index contributed by atoms with van der Waals surface area (Å²) in [7, 11) is 0. The van der Waals surface area contributed by atoms with Gasteiger partial charge in [-0.15, -0.1) is 0 Å². The number of amides is 1. The zero-order valence-corrected chi connectivity index (χ0v) is 13.1. The quantitative estimate of drug-likeness (QED) is 0.780. The monoisotopic (exact) mass is 351 g/mol. The van der Waals surface area contributed by atoms with Crippen LogP contribution in [0.1, 0.15) is 22.3 Å². The summed E-state index contributed by atoms with van der Waals surface area (Å²) in [5.41, 5.74) is 1.72. The molecule has 0 N–H and O–H groups in total. The van der Waals surface area contributed by atoms with Crippen molar-refractivity contribution in [1.29, 1.82) is 0 Å². The number of carbonyl (C=O) groups is 3. The Balaban J connectivity index is 1.92. The molecule has 1 unspecified atom stereocenters. The highest BCUT2D eigenvalue weighted by Gasteiger charge is 2.39. The molecule has 0 aromatic heterocycles. The molecule has 2 aliphatic rings. The van der Waals surface area contributed by atoms with Gasteiger partial charge >= 0.3 is 0 Å². The second-order valence-corrected chi connectivity index (χ2v) is 6.28. The van der Waals surface area contributed by atoms with Crippen LogP contribution in [0.15, 0.2) is 16.6 Å². The van der Waals surface area contributed by atoms with Crippen LogP contribution in [-0.4, -0.2) is 37.2 Å². The molecule has 6 heteroatoms. The van der Waals surface area contributed by atoms with Crippen molar-refractivity contribution in [3.8, 4) is 0 Å². The molecule has 1 aromatic carbocycles. The smallest absolute Gasteiger partial charge is 0.299 e. The summed E-state index contributed by atoms with van der Waals surface area (Å²) in [4.78, 5) is 37.8. The highest BCUT2D eigenvalue weighted by atomic mass is 79.9. The Kier molecular flexibility index (Phi) is 3.67. The number of halogens is 1. The molecule has 1 atom stereocenters. The molecule has 3 rings (SSSR count). The lowest BCUT2D eigenvalue weighted by atomic mass is 10.0. The Labute approximate surface area is 130 Å². The van der Waals surface area contributed by atoms with Crippen molar-refractivity contribution >= 4 is 39.1 Å². The molecule has 0 bridgehead atoms. The first kappa shape index (κ1) is 14.4. The first-order valence-corrected chi connectivity index (χ1v) is 7.55. The van der Waals surface area contributed by atoms with Gasteiger partial charge < -0.3 is 4.74 Å². The molecule has 2 aliphatic heterocycles. The van der Waals surface area contributed by atoms with Crippen molar-refractivity contribution in [2.45, 2.75) is 13.3 Å². The van der Waals surface area contributed by atoms with E-state index in [1.54, 1.807) is 6.07 Å². The van der Waals surface area contributed by atoms with Crippen LogP contribution < -0.4 is 4.90 Å². The van der Waals surface area contributed by atoms with E-state index in [2.05, 4.69) is 15.9 Å². The maximum atomic E-state index is 12.2. The molecular weight excluding hydrogens is 338 g/mol. The average Bonchev–Trinajstić information content (AvgIpc) is 3.03. The Morgan fingerprint density at radius 2 is 2.19 bits per heavy atom. The second kappa shape index (κ2) is 5.35. The lowest BCUT2D eigenvalue weighted by molar-refractivity contribution is -0.123. The van der Waals surface area contributed by atoms with E-state index in [-0.39, 0.29) is 18.2 Å². The molecular formula is C15H14BrNO4. The molecule has 0 saturated carbocycles. The maximum Gasteiger partial charge on any atom is 0.299 e. The summed E-state index contributed by atoms with van der Waals surface area (Å²) in [6.45, 7) is 2.74. The number of anilines is 1. The van der Waals surface area contributed by atoms with E-state index < -0.39 is 11.7 Å². The van der Waals surface area contributed by atoms with Crippen molar-refractivity contribution in [1.82, 2.24) is 0 Å². The topological polar surface area (TPSA) is 63.7 Å². The van der Waals surface area contributed by atoms with Crippen LogP contribution in [-0.2, 0) is 14.3 Å². The van der Waals surface area contributed by atoms with Crippen molar-refractivity contribution in [2.75, 3.05) is 24.7 Å². The zero-order valence-electron chi connectivity index (χ0n) is 11.5. The molecule has 5 nitrogen and oxygen atoms in total. The molecule has 0 radical (unpaired) electrons. The second-order valence-electron chi connectivity index (χ2n) is 5.37. The number of rotatable bonds is 3. The third kappa shape index (κ3) is 2.42. The summed E-state index contributed by atoms with van der Waals surface area (Å²) in [5, 5.41) is 0. The number of aryl methyl sites for hydroxylation is 1. The predicted octanol–water partition coefficient (Wildman–Crippen LogP) is 1.89. The molecule has 0 spiro atoms. The Morgan fingerprint density at radius 3 is 2.86 bits per heavy atom. The normalized spacial score (nSPS) is 21.0. The molecule has 1 aromatic rings. The van der Waals surface area contributed by atoms with Crippen LogP contribution in [0.4, 0.5) is 5.69 Å².